The smallest absolute Gasteiger partial charge is 0.269 e. The Labute approximate surface area is 161 Å². The van der Waals surface area contributed by atoms with Crippen LogP contribution >= 0.6 is 15.9 Å². The third-order valence-corrected chi connectivity index (χ3v) is 7.07. The summed E-state index contributed by atoms with van der Waals surface area (Å²) in [5.41, 5.74) is 1.34. The molecule has 2 aromatic carbocycles. The molecule has 0 bridgehead atoms. The summed E-state index contributed by atoms with van der Waals surface area (Å²) in [6.07, 6.45) is 3.05. The summed E-state index contributed by atoms with van der Waals surface area (Å²) in [5.74, 6) is 0.598. The molecule has 4 rings (SSSR count). The van der Waals surface area contributed by atoms with E-state index in [0.717, 1.165) is 24.1 Å². The van der Waals surface area contributed by atoms with Gasteiger partial charge in [0.05, 0.1) is 15.9 Å². The van der Waals surface area contributed by atoms with Gasteiger partial charge in [0.15, 0.2) is 0 Å². The summed E-state index contributed by atoms with van der Waals surface area (Å²) < 4.78 is 28.9. The van der Waals surface area contributed by atoms with Crippen molar-refractivity contribution in [3.8, 4) is 0 Å². The van der Waals surface area contributed by atoms with Crippen LogP contribution in [0.15, 0.2) is 57.9 Å². The first-order valence-electron chi connectivity index (χ1n) is 8.75. The highest BCUT2D eigenvalue weighted by molar-refractivity contribution is 9.10. The second-order valence-electron chi connectivity index (χ2n) is 6.54. The number of rotatable bonds is 5. The lowest BCUT2D eigenvalue weighted by molar-refractivity contribution is 0.340. The fraction of sp³-hybridized carbons (Fsp3) is 0.316. The molecule has 1 aliphatic heterocycles. The predicted octanol–water partition coefficient (Wildman–Crippen LogP) is 3.67. The van der Waals surface area contributed by atoms with Crippen molar-refractivity contribution in [3.63, 3.8) is 0 Å². The van der Waals surface area contributed by atoms with Gasteiger partial charge in [-0.1, -0.05) is 28.1 Å². The van der Waals surface area contributed by atoms with Crippen molar-refractivity contribution in [3.05, 3.63) is 58.8 Å². The van der Waals surface area contributed by atoms with Gasteiger partial charge in [-0.2, -0.15) is 0 Å². The van der Waals surface area contributed by atoms with Crippen LogP contribution in [0.1, 0.15) is 18.7 Å². The number of hydrogen-bond donors (Lipinski definition) is 0. The van der Waals surface area contributed by atoms with Gasteiger partial charge < -0.3 is 4.90 Å². The Kier molecular flexibility index (Phi) is 4.86. The molecule has 1 fully saturated rings. The zero-order valence-corrected chi connectivity index (χ0v) is 16.7. The molecule has 0 amide bonds. The highest BCUT2D eigenvalue weighted by Gasteiger charge is 2.24. The topological polar surface area (TPSA) is 55.2 Å². The Hall–Kier alpha value is -1.70. The molecule has 136 valence electrons. The maximum absolute atomic E-state index is 13.3. The van der Waals surface area contributed by atoms with Crippen LogP contribution in [0, 0.1) is 0 Å². The summed E-state index contributed by atoms with van der Waals surface area (Å²) in [5, 5.41) is 0. The van der Waals surface area contributed by atoms with Gasteiger partial charge in [-0.15, -0.1) is 0 Å². The fourth-order valence-electron chi connectivity index (χ4n) is 3.46. The number of likely N-dealkylation sites (tertiary alicyclic amines) is 1. The third-order valence-electron chi connectivity index (χ3n) is 4.79. The molecule has 5 nitrogen and oxygen atoms in total. The van der Waals surface area contributed by atoms with Crippen LogP contribution < -0.4 is 0 Å². The molecule has 0 N–H and O–H groups in total. The predicted molar refractivity (Wildman–Crippen MR) is 106 cm³/mol. The maximum Gasteiger partial charge on any atom is 0.269 e. The van der Waals surface area contributed by atoms with E-state index in [2.05, 4.69) is 25.8 Å². The summed E-state index contributed by atoms with van der Waals surface area (Å²) in [6.45, 7) is 3.00. The first-order chi connectivity index (χ1) is 12.6. The Bertz CT molecular complexity index is 1020. The number of imidazole rings is 1. The summed E-state index contributed by atoms with van der Waals surface area (Å²) in [6, 6.07) is 14.2. The van der Waals surface area contributed by atoms with Crippen LogP contribution in [0.25, 0.3) is 11.0 Å². The SMILES string of the molecule is O=S(=O)(c1ccc(Br)cc1)n1c(CCN2CCCC2)nc2ccccc21. The van der Waals surface area contributed by atoms with Crippen LogP contribution in [0.2, 0.25) is 0 Å². The first-order valence-corrected chi connectivity index (χ1v) is 11.0. The summed E-state index contributed by atoms with van der Waals surface area (Å²) in [4.78, 5) is 7.27. The molecule has 2 heterocycles. The largest absolute Gasteiger partial charge is 0.303 e. The Morgan fingerprint density at radius 3 is 2.42 bits per heavy atom. The van der Waals surface area contributed by atoms with E-state index in [-0.39, 0.29) is 4.90 Å². The Morgan fingerprint density at radius 1 is 1.00 bits per heavy atom. The molecule has 0 aliphatic carbocycles. The Balaban J connectivity index is 1.78. The van der Waals surface area contributed by atoms with E-state index in [1.54, 1.807) is 24.3 Å². The van der Waals surface area contributed by atoms with Gasteiger partial charge in [-0.3, -0.25) is 0 Å². The van der Waals surface area contributed by atoms with Crippen molar-refractivity contribution in [2.24, 2.45) is 0 Å². The zero-order chi connectivity index (χ0) is 18.1. The number of halogens is 1. The zero-order valence-electron chi connectivity index (χ0n) is 14.3. The summed E-state index contributed by atoms with van der Waals surface area (Å²) in [7, 11) is -3.70. The highest BCUT2D eigenvalue weighted by Crippen LogP contribution is 2.25. The lowest BCUT2D eigenvalue weighted by atomic mass is 10.3. The second kappa shape index (κ2) is 7.13. The molecular formula is C19H20BrN3O2S. The second-order valence-corrected chi connectivity index (χ2v) is 9.24. The maximum atomic E-state index is 13.3. The van der Waals surface area contributed by atoms with E-state index >= 15 is 0 Å². The lowest BCUT2D eigenvalue weighted by Crippen LogP contribution is -2.24. The Morgan fingerprint density at radius 2 is 1.69 bits per heavy atom. The van der Waals surface area contributed by atoms with Crippen molar-refractivity contribution >= 4 is 37.0 Å². The molecule has 0 unspecified atom stereocenters. The minimum atomic E-state index is -3.70. The molecule has 26 heavy (non-hydrogen) atoms. The van der Waals surface area contributed by atoms with Crippen molar-refractivity contribution in [1.82, 2.24) is 13.9 Å². The minimum Gasteiger partial charge on any atom is -0.303 e. The molecule has 0 atom stereocenters. The van der Waals surface area contributed by atoms with Crippen LogP contribution in [0.4, 0.5) is 0 Å². The average Bonchev–Trinajstić information content (AvgIpc) is 3.27. The number of aromatic nitrogens is 2. The standard InChI is InChI=1S/C19H20BrN3O2S/c20-15-7-9-16(10-8-15)26(24,25)23-18-6-2-1-5-17(18)21-19(23)11-14-22-12-3-4-13-22/h1-2,5-10H,3-4,11-14H2. The van der Waals surface area contributed by atoms with E-state index in [4.69, 9.17) is 0 Å². The molecule has 1 saturated heterocycles. The van der Waals surface area contributed by atoms with E-state index < -0.39 is 10.0 Å². The number of nitrogens with zero attached hydrogens (tertiary/aromatic N) is 3. The number of fused-ring (bicyclic) bond motifs is 1. The molecule has 0 spiro atoms. The van der Waals surface area contributed by atoms with Gasteiger partial charge in [0, 0.05) is 17.4 Å². The van der Waals surface area contributed by atoms with Crippen LogP contribution in [0.5, 0.6) is 0 Å². The van der Waals surface area contributed by atoms with Gasteiger partial charge >= 0.3 is 0 Å². The molecule has 7 heteroatoms. The van der Waals surface area contributed by atoms with Gasteiger partial charge in [0.2, 0.25) is 0 Å². The van der Waals surface area contributed by atoms with Crippen LogP contribution in [-0.2, 0) is 16.4 Å². The van der Waals surface area contributed by atoms with Crippen molar-refractivity contribution in [2.75, 3.05) is 19.6 Å². The minimum absolute atomic E-state index is 0.270. The van der Waals surface area contributed by atoms with E-state index in [9.17, 15) is 8.42 Å². The van der Waals surface area contributed by atoms with Crippen molar-refractivity contribution in [1.29, 1.82) is 0 Å². The molecule has 0 radical (unpaired) electrons. The molecule has 1 aromatic heterocycles. The van der Waals surface area contributed by atoms with Crippen molar-refractivity contribution < 1.29 is 8.42 Å². The quantitative estimate of drug-likeness (QED) is 0.615. The average molecular weight is 434 g/mol. The van der Waals surface area contributed by atoms with E-state index in [1.165, 1.54) is 16.8 Å². The van der Waals surface area contributed by atoms with E-state index in [1.807, 2.05) is 24.3 Å². The summed E-state index contributed by atoms with van der Waals surface area (Å²) >= 11 is 3.36. The van der Waals surface area contributed by atoms with Crippen LogP contribution in [-0.4, -0.2) is 41.9 Å². The van der Waals surface area contributed by atoms with Crippen LogP contribution in [0.3, 0.4) is 0 Å². The molecule has 0 saturated carbocycles. The molecular weight excluding hydrogens is 414 g/mol. The fourth-order valence-corrected chi connectivity index (χ4v) is 5.23. The van der Waals surface area contributed by atoms with Gasteiger partial charge in [0.25, 0.3) is 10.0 Å². The number of hydrogen-bond acceptors (Lipinski definition) is 4. The lowest BCUT2D eigenvalue weighted by Gasteiger charge is -2.15. The highest BCUT2D eigenvalue weighted by atomic mass is 79.9. The monoisotopic (exact) mass is 433 g/mol. The number of benzene rings is 2. The van der Waals surface area contributed by atoms with Gasteiger partial charge in [-0.05, 0) is 62.3 Å². The molecule has 1 aliphatic rings. The first kappa shape index (κ1) is 17.7. The van der Waals surface area contributed by atoms with Crippen molar-refractivity contribution in [2.45, 2.75) is 24.2 Å². The third kappa shape index (κ3) is 3.31. The normalized spacial score (nSPS) is 15.7. The van der Waals surface area contributed by atoms with Gasteiger partial charge in [-0.25, -0.2) is 17.4 Å². The molecule has 3 aromatic rings. The van der Waals surface area contributed by atoms with Gasteiger partial charge in [0.1, 0.15) is 5.82 Å². The number of para-hydroxylation sites is 2. The van der Waals surface area contributed by atoms with E-state index in [0.29, 0.717) is 23.3 Å².